The molecule has 1 aromatic heterocycles. The van der Waals surface area contributed by atoms with Crippen LogP contribution in [0.15, 0.2) is 12.3 Å². The highest BCUT2D eigenvalue weighted by Crippen LogP contribution is 2.30. The second-order valence-electron chi connectivity index (χ2n) is 4.31. The first-order valence-electron chi connectivity index (χ1n) is 5.04. The van der Waals surface area contributed by atoms with Gasteiger partial charge in [-0.1, -0.05) is 0 Å². The Morgan fingerprint density at radius 1 is 1.53 bits per heavy atom. The molecule has 1 saturated heterocycles. The predicted molar refractivity (Wildman–Crippen MR) is 65.2 cm³/mol. The first-order chi connectivity index (χ1) is 7.07. The van der Waals surface area contributed by atoms with E-state index in [0.717, 1.165) is 24.8 Å². The van der Waals surface area contributed by atoms with Gasteiger partial charge in [-0.15, -0.1) is 0 Å². The topological polar surface area (TPSA) is 55.0 Å². The molecule has 82 valence electrons. The maximum Gasteiger partial charge on any atom is 0.227 e. The molecule has 0 atom stereocenters. The number of nitrogen functional groups attached to an aromatic ring is 1. The molecule has 5 heteroatoms. The molecule has 1 aromatic rings. The third kappa shape index (κ3) is 2.53. The molecule has 2 rings (SSSR count). The molecule has 0 aromatic carbocycles. The fourth-order valence-electron chi connectivity index (χ4n) is 1.70. The number of rotatable bonds is 1. The summed E-state index contributed by atoms with van der Waals surface area (Å²) >= 11 is 1.99. The molecule has 2 N–H and O–H groups in total. The molecular weight excluding hydrogens is 208 g/mol. The summed E-state index contributed by atoms with van der Waals surface area (Å²) in [4.78, 5) is 10.7. The molecule has 0 spiro atoms. The number of nitrogens with zero attached hydrogens (tertiary/aromatic N) is 3. The summed E-state index contributed by atoms with van der Waals surface area (Å²) in [6.45, 7) is 6.46. The zero-order chi connectivity index (χ0) is 10.9. The van der Waals surface area contributed by atoms with E-state index >= 15 is 0 Å². The molecule has 0 saturated carbocycles. The second kappa shape index (κ2) is 3.89. The van der Waals surface area contributed by atoms with Gasteiger partial charge in [0.2, 0.25) is 5.95 Å². The van der Waals surface area contributed by atoms with Crippen molar-refractivity contribution in [3.63, 3.8) is 0 Å². The highest BCUT2D eigenvalue weighted by atomic mass is 32.2. The van der Waals surface area contributed by atoms with Gasteiger partial charge in [-0.2, -0.15) is 16.7 Å². The fourth-order valence-corrected chi connectivity index (χ4v) is 2.81. The van der Waals surface area contributed by atoms with E-state index in [1.54, 1.807) is 12.3 Å². The summed E-state index contributed by atoms with van der Waals surface area (Å²) in [5.74, 6) is 2.41. The third-order valence-corrected chi connectivity index (χ3v) is 3.67. The zero-order valence-electron chi connectivity index (χ0n) is 9.10. The van der Waals surface area contributed by atoms with Crippen LogP contribution in [0, 0.1) is 0 Å². The highest BCUT2D eigenvalue weighted by Gasteiger charge is 2.28. The van der Waals surface area contributed by atoms with Crippen molar-refractivity contribution in [2.75, 3.05) is 29.5 Å². The minimum absolute atomic E-state index is 0.270. The predicted octanol–water partition coefficient (Wildman–Crippen LogP) is 1.39. The van der Waals surface area contributed by atoms with Crippen LogP contribution in [0.25, 0.3) is 0 Å². The van der Waals surface area contributed by atoms with Gasteiger partial charge in [0, 0.05) is 29.8 Å². The van der Waals surface area contributed by atoms with Gasteiger partial charge in [0.1, 0.15) is 5.82 Å². The number of hydrogen-bond acceptors (Lipinski definition) is 5. The van der Waals surface area contributed by atoms with Crippen molar-refractivity contribution < 1.29 is 0 Å². The van der Waals surface area contributed by atoms with Crippen molar-refractivity contribution in [2.24, 2.45) is 0 Å². The molecular formula is C10H16N4S. The maximum atomic E-state index is 5.65. The van der Waals surface area contributed by atoms with Crippen LogP contribution in [0.2, 0.25) is 0 Å². The molecule has 1 aliphatic rings. The molecule has 1 fully saturated rings. The average Bonchev–Trinajstić information content (AvgIpc) is 2.16. The van der Waals surface area contributed by atoms with E-state index in [9.17, 15) is 0 Å². The number of anilines is 2. The Hall–Kier alpha value is -0.970. The van der Waals surface area contributed by atoms with Crippen LogP contribution in [0.3, 0.4) is 0 Å². The second-order valence-corrected chi connectivity index (χ2v) is 6.11. The van der Waals surface area contributed by atoms with Crippen molar-refractivity contribution in [1.29, 1.82) is 0 Å². The normalized spacial score (nSPS) is 20.3. The maximum absolute atomic E-state index is 5.65. The monoisotopic (exact) mass is 224 g/mol. The van der Waals surface area contributed by atoms with Gasteiger partial charge in [0.05, 0.1) is 0 Å². The minimum Gasteiger partial charge on any atom is -0.384 e. The van der Waals surface area contributed by atoms with Gasteiger partial charge in [0.25, 0.3) is 0 Å². The average molecular weight is 224 g/mol. The summed E-state index contributed by atoms with van der Waals surface area (Å²) in [6, 6.07) is 1.72. The molecule has 2 heterocycles. The van der Waals surface area contributed by atoms with Crippen molar-refractivity contribution >= 4 is 23.5 Å². The summed E-state index contributed by atoms with van der Waals surface area (Å²) in [5.41, 5.74) is 5.65. The standard InChI is InChI=1S/C10H16N4S/c1-10(2)7-14(5-6-15-10)9-12-4-3-8(11)13-9/h3-4H,5-7H2,1-2H3,(H2,11,12,13). The van der Waals surface area contributed by atoms with E-state index < -0.39 is 0 Å². The first-order valence-corrected chi connectivity index (χ1v) is 6.03. The van der Waals surface area contributed by atoms with Crippen LogP contribution in [0.5, 0.6) is 0 Å². The Morgan fingerprint density at radius 3 is 3.00 bits per heavy atom. The Balaban J connectivity index is 2.17. The lowest BCUT2D eigenvalue weighted by Crippen LogP contribution is -2.43. The molecule has 15 heavy (non-hydrogen) atoms. The molecule has 4 nitrogen and oxygen atoms in total. The van der Waals surface area contributed by atoms with Gasteiger partial charge >= 0.3 is 0 Å². The number of thioether (sulfide) groups is 1. The largest absolute Gasteiger partial charge is 0.384 e. The van der Waals surface area contributed by atoms with Crippen molar-refractivity contribution in [3.8, 4) is 0 Å². The van der Waals surface area contributed by atoms with E-state index in [-0.39, 0.29) is 4.75 Å². The molecule has 0 unspecified atom stereocenters. The SMILES string of the molecule is CC1(C)CN(c2nccc(N)n2)CCS1. The van der Waals surface area contributed by atoms with Gasteiger partial charge < -0.3 is 10.6 Å². The Labute approximate surface area is 94.3 Å². The van der Waals surface area contributed by atoms with Crippen molar-refractivity contribution in [1.82, 2.24) is 9.97 Å². The Kier molecular flexibility index (Phi) is 2.73. The Morgan fingerprint density at radius 2 is 2.33 bits per heavy atom. The Bertz CT molecular complexity index is 353. The summed E-state index contributed by atoms with van der Waals surface area (Å²) in [7, 11) is 0. The molecule has 0 radical (unpaired) electrons. The summed E-state index contributed by atoms with van der Waals surface area (Å²) < 4.78 is 0.270. The molecule has 0 bridgehead atoms. The van der Waals surface area contributed by atoms with E-state index in [2.05, 4.69) is 28.7 Å². The third-order valence-electron chi connectivity index (χ3n) is 2.37. The summed E-state index contributed by atoms with van der Waals surface area (Å²) in [6.07, 6.45) is 1.71. The molecule has 0 amide bonds. The van der Waals surface area contributed by atoms with E-state index in [0.29, 0.717) is 5.82 Å². The molecule has 1 aliphatic heterocycles. The van der Waals surface area contributed by atoms with E-state index in [4.69, 9.17) is 5.73 Å². The van der Waals surface area contributed by atoms with Crippen LogP contribution < -0.4 is 10.6 Å². The fraction of sp³-hybridized carbons (Fsp3) is 0.600. The van der Waals surface area contributed by atoms with Crippen LogP contribution in [0.4, 0.5) is 11.8 Å². The van der Waals surface area contributed by atoms with Crippen LogP contribution in [-0.2, 0) is 0 Å². The van der Waals surface area contributed by atoms with E-state index in [1.165, 1.54) is 0 Å². The molecule has 0 aliphatic carbocycles. The number of nitrogens with two attached hydrogens (primary N) is 1. The lowest BCUT2D eigenvalue weighted by Gasteiger charge is -2.37. The number of hydrogen-bond donors (Lipinski definition) is 1. The van der Waals surface area contributed by atoms with Crippen LogP contribution in [-0.4, -0.2) is 33.6 Å². The zero-order valence-corrected chi connectivity index (χ0v) is 9.92. The van der Waals surface area contributed by atoms with E-state index in [1.807, 2.05) is 11.8 Å². The van der Waals surface area contributed by atoms with Gasteiger partial charge in [-0.25, -0.2) is 4.98 Å². The minimum atomic E-state index is 0.270. The van der Waals surface area contributed by atoms with Crippen LogP contribution >= 0.6 is 11.8 Å². The highest BCUT2D eigenvalue weighted by molar-refractivity contribution is 8.00. The van der Waals surface area contributed by atoms with Crippen molar-refractivity contribution in [3.05, 3.63) is 12.3 Å². The smallest absolute Gasteiger partial charge is 0.227 e. The first kappa shape index (κ1) is 10.5. The van der Waals surface area contributed by atoms with Gasteiger partial charge in [-0.3, -0.25) is 0 Å². The lowest BCUT2D eigenvalue weighted by atomic mass is 10.2. The lowest BCUT2D eigenvalue weighted by molar-refractivity contribution is 0.636. The number of aromatic nitrogens is 2. The van der Waals surface area contributed by atoms with Crippen LogP contribution in [0.1, 0.15) is 13.8 Å². The van der Waals surface area contributed by atoms with Crippen molar-refractivity contribution in [2.45, 2.75) is 18.6 Å². The van der Waals surface area contributed by atoms with Gasteiger partial charge in [-0.05, 0) is 19.9 Å². The summed E-state index contributed by atoms with van der Waals surface area (Å²) in [5, 5.41) is 0. The quantitative estimate of drug-likeness (QED) is 0.781. The van der Waals surface area contributed by atoms with Gasteiger partial charge in [0.15, 0.2) is 0 Å².